The third-order valence-corrected chi connectivity index (χ3v) is 6.10. The van der Waals surface area contributed by atoms with Crippen LogP contribution in [0.3, 0.4) is 0 Å². The van der Waals surface area contributed by atoms with Crippen LogP contribution in [-0.2, 0) is 18.2 Å². The number of aliphatic hydroxyl groups is 1. The molecule has 0 unspecified atom stereocenters. The van der Waals surface area contributed by atoms with Gasteiger partial charge in [-0.15, -0.1) is 0 Å². The fraction of sp³-hybridized carbons (Fsp3) is 0.250. The molecule has 0 aliphatic carbocycles. The Morgan fingerprint density at radius 3 is 2.51 bits per heavy atom. The summed E-state index contributed by atoms with van der Waals surface area (Å²) < 4.78 is 34.0. The van der Waals surface area contributed by atoms with Crippen molar-refractivity contribution in [1.29, 1.82) is 0 Å². The Kier molecular flexibility index (Phi) is 7.88. The monoisotopic (exact) mass is 553 g/mol. The number of aromatic nitrogens is 3. The molecule has 202 valence electrons. The molecule has 11 heteroatoms. The number of rotatable bonds is 5. The summed E-state index contributed by atoms with van der Waals surface area (Å²) in [6, 6.07) is 9.30. The Morgan fingerprint density at radius 1 is 1.21 bits per heavy atom. The van der Waals surface area contributed by atoms with E-state index >= 15 is 0 Å². The number of nitrogens with zero attached hydrogens (tertiary/aromatic N) is 3. The summed E-state index contributed by atoms with van der Waals surface area (Å²) in [5, 5.41) is 17.8. The average Bonchev–Trinajstić information content (AvgIpc) is 3.18. The number of amides is 1. The lowest BCUT2D eigenvalue weighted by molar-refractivity contribution is 0.143. The number of nitrogens with two attached hydrogens (primary N) is 1. The van der Waals surface area contributed by atoms with E-state index in [-0.39, 0.29) is 12.2 Å². The van der Waals surface area contributed by atoms with Crippen molar-refractivity contribution in [3.8, 4) is 23.0 Å². The van der Waals surface area contributed by atoms with E-state index < -0.39 is 29.4 Å². The molecular weight excluding hydrogens is 528 g/mol. The first-order valence-corrected chi connectivity index (χ1v) is 12.2. The van der Waals surface area contributed by atoms with Crippen LogP contribution in [0.2, 0.25) is 5.02 Å². The van der Waals surface area contributed by atoms with E-state index in [1.165, 1.54) is 19.2 Å². The van der Waals surface area contributed by atoms with Crippen LogP contribution in [0.15, 0.2) is 42.5 Å². The number of aryl methyl sites for hydroxylation is 1. The van der Waals surface area contributed by atoms with E-state index in [1.807, 2.05) is 0 Å². The van der Waals surface area contributed by atoms with Crippen molar-refractivity contribution in [1.82, 2.24) is 14.8 Å². The normalized spacial score (nSPS) is 12.1. The van der Waals surface area contributed by atoms with Gasteiger partial charge in [0.25, 0.3) is 0 Å². The van der Waals surface area contributed by atoms with Crippen molar-refractivity contribution in [2.24, 2.45) is 12.8 Å². The first kappa shape index (κ1) is 28.0. The highest BCUT2D eigenvalue weighted by atomic mass is 35.5. The van der Waals surface area contributed by atoms with Gasteiger partial charge in [0.1, 0.15) is 22.9 Å². The van der Waals surface area contributed by atoms with Gasteiger partial charge in [-0.05, 0) is 62.1 Å². The molecule has 4 N–H and O–H groups in total. The maximum absolute atomic E-state index is 13.9. The van der Waals surface area contributed by atoms with Crippen molar-refractivity contribution in [3.05, 3.63) is 76.1 Å². The van der Waals surface area contributed by atoms with Gasteiger partial charge in [-0.25, -0.2) is 18.6 Å². The van der Waals surface area contributed by atoms with E-state index in [4.69, 9.17) is 22.1 Å². The van der Waals surface area contributed by atoms with Crippen LogP contribution in [0.1, 0.15) is 36.8 Å². The maximum Gasteiger partial charge on any atom is 0.412 e. The van der Waals surface area contributed by atoms with Crippen molar-refractivity contribution >= 4 is 34.4 Å². The number of hydrogen-bond donors (Lipinski definition) is 3. The number of nitrogens with one attached hydrogen (secondary N) is 1. The van der Waals surface area contributed by atoms with Gasteiger partial charge < -0.3 is 15.6 Å². The number of methoxy groups -OCH3 is 1. The van der Waals surface area contributed by atoms with Gasteiger partial charge in [-0.3, -0.25) is 10.00 Å². The number of benzene rings is 2. The number of anilines is 1. The van der Waals surface area contributed by atoms with Gasteiger partial charge >= 0.3 is 6.09 Å². The lowest BCUT2D eigenvalue weighted by Crippen LogP contribution is -2.17. The van der Waals surface area contributed by atoms with Crippen LogP contribution in [0, 0.1) is 23.5 Å². The minimum Gasteiger partial charge on any atom is -0.453 e. The van der Waals surface area contributed by atoms with Crippen LogP contribution in [0.25, 0.3) is 22.0 Å². The highest BCUT2D eigenvalue weighted by Crippen LogP contribution is 2.39. The minimum atomic E-state index is -1.25. The van der Waals surface area contributed by atoms with Gasteiger partial charge in [0.2, 0.25) is 0 Å². The molecule has 0 saturated heterocycles. The molecule has 2 aromatic heterocycles. The SMILES string of the molecule is COC(=O)Nc1nn(C)c2c(-c3ccc(C#CC(C)(C)O)nc3[C@@H](N)Cc3cc(F)cc(F)c3)ccc(Cl)c12. The van der Waals surface area contributed by atoms with Gasteiger partial charge in [-0.2, -0.15) is 5.10 Å². The molecule has 4 aromatic rings. The molecular formula is C28H26ClF2N5O3. The Morgan fingerprint density at radius 2 is 1.87 bits per heavy atom. The third kappa shape index (κ3) is 6.34. The summed E-state index contributed by atoms with van der Waals surface area (Å²) in [5.41, 5.74) is 8.27. The second-order valence-electron chi connectivity index (χ2n) is 9.43. The zero-order valence-electron chi connectivity index (χ0n) is 21.6. The lowest BCUT2D eigenvalue weighted by Gasteiger charge is -2.18. The maximum atomic E-state index is 13.9. The van der Waals surface area contributed by atoms with Gasteiger partial charge in [0, 0.05) is 24.2 Å². The van der Waals surface area contributed by atoms with Crippen LogP contribution < -0.4 is 11.1 Å². The molecule has 0 spiro atoms. The Hall–Kier alpha value is -4.04. The number of fused-ring (bicyclic) bond motifs is 1. The van der Waals surface area contributed by atoms with Crippen molar-refractivity contribution in [2.75, 3.05) is 12.4 Å². The zero-order chi connectivity index (χ0) is 28.5. The third-order valence-electron chi connectivity index (χ3n) is 5.78. The summed E-state index contributed by atoms with van der Waals surface area (Å²) >= 11 is 6.51. The molecule has 0 radical (unpaired) electrons. The molecule has 2 aromatic carbocycles. The van der Waals surface area contributed by atoms with Gasteiger partial charge in [-0.1, -0.05) is 23.6 Å². The van der Waals surface area contributed by atoms with Crippen molar-refractivity contribution in [2.45, 2.75) is 31.9 Å². The Bertz CT molecular complexity index is 1620. The van der Waals surface area contributed by atoms with Crippen molar-refractivity contribution in [3.63, 3.8) is 0 Å². The molecule has 4 rings (SSSR count). The van der Waals surface area contributed by atoms with Gasteiger partial charge in [0.05, 0.1) is 34.8 Å². The topological polar surface area (TPSA) is 115 Å². The summed E-state index contributed by atoms with van der Waals surface area (Å²) in [5.74, 6) is 4.34. The molecule has 1 amide bonds. The molecule has 2 heterocycles. The van der Waals surface area contributed by atoms with Crippen molar-refractivity contribution < 1.29 is 23.4 Å². The average molecular weight is 554 g/mol. The Balaban J connectivity index is 1.91. The zero-order valence-corrected chi connectivity index (χ0v) is 22.4. The summed E-state index contributed by atoms with van der Waals surface area (Å²) in [6.07, 6.45) is -0.633. The largest absolute Gasteiger partial charge is 0.453 e. The van der Waals surface area contributed by atoms with E-state index in [9.17, 15) is 18.7 Å². The first-order chi connectivity index (χ1) is 18.4. The van der Waals surface area contributed by atoms with Gasteiger partial charge in [0.15, 0.2) is 5.82 Å². The second-order valence-corrected chi connectivity index (χ2v) is 9.84. The van der Waals surface area contributed by atoms with E-state index in [0.717, 1.165) is 6.07 Å². The molecule has 0 bridgehead atoms. The second kappa shape index (κ2) is 11.0. The minimum absolute atomic E-state index is 0.0777. The number of pyridine rings is 1. The number of carbonyl (C=O) groups is 1. The number of ether oxygens (including phenoxy) is 1. The van der Waals surface area contributed by atoms with Crippen LogP contribution in [0.5, 0.6) is 0 Å². The predicted octanol–water partition coefficient (Wildman–Crippen LogP) is 5.11. The lowest BCUT2D eigenvalue weighted by atomic mass is 9.94. The highest BCUT2D eigenvalue weighted by molar-refractivity contribution is 6.37. The standard InChI is InChI=1S/C28H26ClF2N5O3/c1-28(2,38)10-9-18-5-6-19(24(33-18)22(32)13-15-11-16(30)14-17(31)12-15)20-7-8-21(29)23-25(20)36(3)35-26(23)34-27(37)39-4/h5-8,11-12,14,22,38H,13,32H2,1-4H3,(H,34,35,37)/t22-/m0/s1. The molecule has 39 heavy (non-hydrogen) atoms. The van der Waals surface area contributed by atoms with E-state index in [2.05, 4.69) is 27.2 Å². The molecule has 0 aliphatic rings. The smallest absolute Gasteiger partial charge is 0.412 e. The van der Waals surface area contributed by atoms with Crippen LogP contribution in [-0.4, -0.2) is 38.7 Å². The summed E-state index contributed by atoms with van der Waals surface area (Å²) in [7, 11) is 2.93. The summed E-state index contributed by atoms with van der Waals surface area (Å²) in [4.78, 5) is 16.6. The highest BCUT2D eigenvalue weighted by Gasteiger charge is 2.23. The predicted molar refractivity (Wildman–Crippen MR) is 145 cm³/mol. The fourth-order valence-corrected chi connectivity index (χ4v) is 4.42. The number of hydrogen-bond acceptors (Lipinski definition) is 6. The molecule has 0 saturated carbocycles. The molecule has 1 atom stereocenters. The van der Waals surface area contributed by atoms with Crippen LogP contribution in [0.4, 0.5) is 19.4 Å². The van der Waals surface area contributed by atoms with E-state index in [0.29, 0.717) is 44.0 Å². The Labute approximate surface area is 228 Å². The number of halogens is 3. The summed E-state index contributed by atoms with van der Waals surface area (Å²) in [6.45, 7) is 3.10. The molecule has 0 aliphatic heterocycles. The number of carbonyl (C=O) groups excluding carboxylic acids is 1. The molecule has 8 nitrogen and oxygen atoms in total. The molecule has 0 fully saturated rings. The fourth-order valence-electron chi connectivity index (χ4n) is 4.18. The van der Waals surface area contributed by atoms with E-state index in [1.54, 1.807) is 49.8 Å². The first-order valence-electron chi connectivity index (χ1n) is 11.8. The van der Waals surface area contributed by atoms with Crippen LogP contribution >= 0.6 is 11.6 Å². The quantitative estimate of drug-likeness (QED) is 0.296.